The van der Waals surface area contributed by atoms with Crippen LogP contribution in [0.3, 0.4) is 0 Å². The Morgan fingerprint density at radius 1 is 1.24 bits per heavy atom. The van der Waals surface area contributed by atoms with Gasteiger partial charge in [-0.25, -0.2) is 0 Å². The van der Waals surface area contributed by atoms with Crippen molar-refractivity contribution < 1.29 is 14.7 Å². The number of para-hydroxylation sites is 1. The van der Waals surface area contributed by atoms with Crippen molar-refractivity contribution in [3.8, 4) is 0 Å². The van der Waals surface area contributed by atoms with Gasteiger partial charge >= 0.3 is 0 Å². The number of Topliss-reactive ketones (excluding diaryl/α,β-unsaturated/α-hetero) is 1. The molecule has 0 bridgehead atoms. The topological polar surface area (TPSA) is 59.3 Å². The van der Waals surface area contributed by atoms with Gasteiger partial charge in [0.15, 0.2) is 5.78 Å². The normalized spacial score (nSPS) is 10.8. The summed E-state index contributed by atoms with van der Waals surface area (Å²) in [7, 11) is 0. The minimum absolute atomic E-state index is 0.222. The maximum absolute atomic E-state index is 11.6. The van der Waals surface area contributed by atoms with Gasteiger partial charge < -0.3 is 5.11 Å². The largest absolute Gasteiger partial charge is 0.392 e. The first-order valence-corrected chi connectivity index (χ1v) is 5.33. The van der Waals surface area contributed by atoms with Crippen molar-refractivity contribution in [3.63, 3.8) is 0 Å². The van der Waals surface area contributed by atoms with Gasteiger partial charge in [0, 0.05) is 24.8 Å². The fraction of sp³-hybridized carbons (Fsp3) is 0.231. The molecule has 2 aromatic rings. The molecule has 0 fully saturated rings. The number of aliphatic hydroxyl groups excluding tert-OH is 1. The minimum Gasteiger partial charge on any atom is -0.392 e. The van der Waals surface area contributed by atoms with Crippen molar-refractivity contribution in [2.24, 2.45) is 0 Å². The summed E-state index contributed by atoms with van der Waals surface area (Å²) < 4.78 is 1.36. The molecule has 0 saturated heterocycles. The Labute approximate surface area is 98.5 Å². The quantitative estimate of drug-likeness (QED) is 0.804. The van der Waals surface area contributed by atoms with E-state index in [9.17, 15) is 14.7 Å². The van der Waals surface area contributed by atoms with E-state index < -0.39 is 0 Å². The average Bonchev–Trinajstić information content (AvgIpc) is 2.63. The average molecular weight is 231 g/mol. The van der Waals surface area contributed by atoms with E-state index in [2.05, 4.69) is 0 Å². The van der Waals surface area contributed by atoms with E-state index in [-0.39, 0.29) is 24.0 Å². The highest BCUT2D eigenvalue weighted by atomic mass is 16.3. The second-order valence-electron chi connectivity index (χ2n) is 3.91. The van der Waals surface area contributed by atoms with Crippen molar-refractivity contribution in [3.05, 3.63) is 35.5 Å². The van der Waals surface area contributed by atoms with Crippen molar-refractivity contribution in [2.75, 3.05) is 0 Å². The first-order chi connectivity index (χ1) is 8.07. The third kappa shape index (κ3) is 1.66. The molecule has 0 atom stereocenters. The molecule has 0 radical (unpaired) electrons. The highest BCUT2D eigenvalue weighted by Crippen LogP contribution is 2.26. The first-order valence-electron chi connectivity index (χ1n) is 5.33. The monoisotopic (exact) mass is 231 g/mol. The number of fused-ring (bicyclic) bond motifs is 1. The first kappa shape index (κ1) is 11.5. The lowest BCUT2D eigenvalue weighted by atomic mass is 10.1. The fourth-order valence-corrected chi connectivity index (χ4v) is 2.16. The van der Waals surface area contributed by atoms with Gasteiger partial charge in [0.05, 0.1) is 17.8 Å². The van der Waals surface area contributed by atoms with Crippen molar-refractivity contribution in [2.45, 2.75) is 20.5 Å². The Balaban J connectivity index is 2.97. The molecule has 1 N–H and O–H groups in total. The number of aliphatic hydroxyl groups is 1. The number of carbonyl (C=O) groups is 2. The summed E-state index contributed by atoms with van der Waals surface area (Å²) in [5, 5.41) is 10.1. The van der Waals surface area contributed by atoms with Gasteiger partial charge in [0.2, 0.25) is 5.91 Å². The molecule has 1 aromatic heterocycles. The molecule has 0 unspecified atom stereocenters. The lowest BCUT2D eigenvalue weighted by Crippen LogP contribution is -2.13. The summed E-state index contributed by atoms with van der Waals surface area (Å²) in [5.41, 5.74) is 1.46. The summed E-state index contributed by atoms with van der Waals surface area (Å²) in [4.78, 5) is 23.3. The number of carbonyl (C=O) groups excluding carboxylic acids is 2. The third-order valence-electron chi connectivity index (χ3n) is 2.79. The maximum atomic E-state index is 11.6. The Morgan fingerprint density at radius 3 is 2.41 bits per heavy atom. The number of hydrogen-bond acceptors (Lipinski definition) is 3. The van der Waals surface area contributed by atoms with Crippen LogP contribution in [0, 0.1) is 0 Å². The zero-order chi connectivity index (χ0) is 12.6. The van der Waals surface area contributed by atoms with Crippen LogP contribution < -0.4 is 0 Å². The second-order valence-corrected chi connectivity index (χ2v) is 3.91. The van der Waals surface area contributed by atoms with Gasteiger partial charge in [-0.1, -0.05) is 18.2 Å². The van der Waals surface area contributed by atoms with Gasteiger partial charge in [0.25, 0.3) is 0 Å². The summed E-state index contributed by atoms with van der Waals surface area (Å²) >= 11 is 0. The van der Waals surface area contributed by atoms with Crippen LogP contribution in [0.1, 0.15) is 34.7 Å². The predicted molar refractivity (Wildman–Crippen MR) is 64.2 cm³/mol. The smallest absolute Gasteiger partial charge is 0.228 e. The molecule has 0 amide bonds. The van der Waals surface area contributed by atoms with E-state index >= 15 is 0 Å². The molecule has 17 heavy (non-hydrogen) atoms. The lowest BCUT2D eigenvalue weighted by molar-refractivity contribution is 0.0912. The SMILES string of the molecule is CC(=O)c1c(CO)c2ccccc2n1C(C)=O. The van der Waals surface area contributed by atoms with Crippen molar-refractivity contribution in [1.82, 2.24) is 4.57 Å². The van der Waals surface area contributed by atoms with E-state index in [0.717, 1.165) is 5.39 Å². The Kier molecular flexibility index (Phi) is 2.81. The highest BCUT2D eigenvalue weighted by Gasteiger charge is 2.21. The predicted octanol–water partition coefficient (Wildman–Crippen LogP) is 2.00. The van der Waals surface area contributed by atoms with Gasteiger partial charge in [0.1, 0.15) is 0 Å². The van der Waals surface area contributed by atoms with Gasteiger partial charge in [-0.2, -0.15) is 0 Å². The molecular formula is C13H13NO3. The van der Waals surface area contributed by atoms with Crippen molar-refractivity contribution in [1.29, 1.82) is 0 Å². The van der Waals surface area contributed by atoms with Gasteiger partial charge in [-0.05, 0) is 6.07 Å². The number of aromatic nitrogens is 1. The molecule has 2 rings (SSSR count). The molecule has 1 aromatic carbocycles. The van der Waals surface area contributed by atoms with E-state index in [1.807, 2.05) is 6.07 Å². The van der Waals surface area contributed by atoms with Crippen LogP contribution in [0.15, 0.2) is 24.3 Å². The number of nitrogens with zero attached hydrogens (tertiary/aromatic N) is 1. The molecule has 0 saturated carbocycles. The third-order valence-corrected chi connectivity index (χ3v) is 2.79. The molecule has 88 valence electrons. The lowest BCUT2D eigenvalue weighted by Gasteiger charge is -2.04. The summed E-state index contributed by atoms with van der Waals surface area (Å²) in [6.45, 7) is 2.54. The van der Waals surface area contributed by atoms with E-state index in [4.69, 9.17) is 0 Å². The molecule has 1 heterocycles. The maximum Gasteiger partial charge on any atom is 0.228 e. The number of benzene rings is 1. The molecule has 0 aliphatic carbocycles. The number of ketones is 1. The van der Waals surface area contributed by atoms with Gasteiger partial charge in [-0.3, -0.25) is 14.2 Å². The Hall–Kier alpha value is -1.94. The van der Waals surface area contributed by atoms with Crippen LogP contribution in [0.2, 0.25) is 0 Å². The van der Waals surface area contributed by atoms with E-state index in [1.54, 1.807) is 18.2 Å². The van der Waals surface area contributed by atoms with Crippen LogP contribution in [0.25, 0.3) is 10.9 Å². The molecule has 4 heteroatoms. The molecule has 0 aliphatic rings. The zero-order valence-corrected chi connectivity index (χ0v) is 9.73. The van der Waals surface area contributed by atoms with Crippen molar-refractivity contribution >= 4 is 22.6 Å². The van der Waals surface area contributed by atoms with Crippen LogP contribution >= 0.6 is 0 Å². The zero-order valence-electron chi connectivity index (χ0n) is 9.73. The van der Waals surface area contributed by atoms with Crippen LogP contribution in [0.4, 0.5) is 0 Å². The Bertz CT molecular complexity index is 610. The number of hydrogen-bond donors (Lipinski definition) is 1. The molecule has 0 aliphatic heterocycles. The van der Waals surface area contributed by atoms with Crippen LogP contribution in [-0.2, 0) is 6.61 Å². The molecule has 4 nitrogen and oxygen atoms in total. The molecular weight excluding hydrogens is 218 g/mol. The number of rotatable bonds is 2. The van der Waals surface area contributed by atoms with Crippen LogP contribution in [-0.4, -0.2) is 21.4 Å². The van der Waals surface area contributed by atoms with E-state index in [1.165, 1.54) is 18.4 Å². The second kappa shape index (κ2) is 4.14. The Morgan fingerprint density at radius 2 is 1.88 bits per heavy atom. The van der Waals surface area contributed by atoms with Crippen LogP contribution in [0.5, 0.6) is 0 Å². The fourth-order valence-electron chi connectivity index (χ4n) is 2.16. The summed E-state index contributed by atoms with van der Waals surface area (Å²) in [6, 6.07) is 7.18. The van der Waals surface area contributed by atoms with Gasteiger partial charge in [-0.15, -0.1) is 0 Å². The summed E-state index contributed by atoms with van der Waals surface area (Å²) in [6.07, 6.45) is 0. The standard InChI is InChI=1S/C13H13NO3/c1-8(16)13-11(7-15)10-5-3-4-6-12(10)14(13)9(2)17/h3-6,15H,7H2,1-2H3. The minimum atomic E-state index is -0.254. The molecule has 0 spiro atoms. The summed E-state index contributed by atoms with van der Waals surface area (Å²) in [5.74, 6) is -0.452. The highest BCUT2D eigenvalue weighted by molar-refractivity contribution is 6.06. The van der Waals surface area contributed by atoms with E-state index in [0.29, 0.717) is 11.1 Å².